The van der Waals surface area contributed by atoms with Gasteiger partial charge in [-0.1, -0.05) is 17.7 Å². The molecule has 1 heterocycles. The van der Waals surface area contributed by atoms with Gasteiger partial charge >= 0.3 is 0 Å². The zero-order valence-corrected chi connectivity index (χ0v) is 12.7. The number of piperidine rings is 1. The van der Waals surface area contributed by atoms with Gasteiger partial charge in [0.1, 0.15) is 0 Å². The van der Waals surface area contributed by atoms with Crippen LogP contribution in [0.2, 0.25) is 0 Å². The molecule has 1 unspecified atom stereocenters. The van der Waals surface area contributed by atoms with Crippen molar-refractivity contribution in [2.45, 2.75) is 40.2 Å². The molecule has 0 radical (unpaired) electrons. The van der Waals surface area contributed by atoms with Crippen molar-refractivity contribution in [1.29, 1.82) is 0 Å². The van der Waals surface area contributed by atoms with Gasteiger partial charge in [0.15, 0.2) is 0 Å². The first-order valence-electron chi connectivity index (χ1n) is 7.30. The van der Waals surface area contributed by atoms with Crippen LogP contribution in [0.5, 0.6) is 0 Å². The standard InChI is InChI=1S/C16H25N3O/c1-11-7-12(2)15(13(3)8-11)10-19-6-4-5-14(9-19)16(20)18-17/h7-8,14H,4-6,9-10,17H2,1-3H3,(H,18,20). The van der Waals surface area contributed by atoms with Crippen LogP contribution in [0.3, 0.4) is 0 Å². The molecule has 0 spiro atoms. The lowest BCUT2D eigenvalue weighted by Gasteiger charge is -2.32. The highest BCUT2D eigenvalue weighted by atomic mass is 16.2. The molecule has 0 aromatic heterocycles. The number of carbonyl (C=O) groups is 1. The molecule has 3 N–H and O–H groups in total. The Morgan fingerprint density at radius 3 is 2.60 bits per heavy atom. The number of hydrogen-bond donors (Lipinski definition) is 2. The molecule has 1 aliphatic rings. The van der Waals surface area contributed by atoms with Crippen molar-refractivity contribution in [2.24, 2.45) is 11.8 Å². The van der Waals surface area contributed by atoms with E-state index in [0.717, 1.165) is 32.5 Å². The lowest BCUT2D eigenvalue weighted by Crippen LogP contribution is -2.44. The fourth-order valence-electron chi connectivity index (χ4n) is 3.21. The first-order chi connectivity index (χ1) is 9.51. The molecule has 0 bridgehead atoms. The predicted octanol–water partition coefficient (Wildman–Crippen LogP) is 1.81. The van der Waals surface area contributed by atoms with Gasteiger partial charge in [0.2, 0.25) is 5.91 Å². The number of benzene rings is 1. The van der Waals surface area contributed by atoms with E-state index in [1.165, 1.54) is 22.3 Å². The van der Waals surface area contributed by atoms with E-state index in [1.54, 1.807) is 0 Å². The second-order valence-electron chi connectivity index (χ2n) is 5.96. The topological polar surface area (TPSA) is 58.4 Å². The summed E-state index contributed by atoms with van der Waals surface area (Å²) in [4.78, 5) is 14.0. The molecule has 2 rings (SSSR count). The van der Waals surface area contributed by atoms with Crippen molar-refractivity contribution < 1.29 is 4.79 Å². The molecular formula is C16H25N3O. The molecule has 1 saturated heterocycles. The molecule has 1 amide bonds. The summed E-state index contributed by atoms with van der Waals surface area (Å²) in [7, 11) is 0. The van der Waals surface area contributed by atoms with Gasteiger partial charge in [-0.3, -0.25) is 15.1 Å². The highest BCUT2D eigenvalue weighted by Crippen LogP contribution is 2.22. The Labute approximate surface area is 121 Å². The van der Waals surface area contributed by atoms with Crippen LogP contribution in [0, 0.1) is 26.7 Å². The van der Waals surface area contributed by atoms with Crippen LogP contribution in [0.1, 0.15) is 35.1 Å². The summed E-state index contributed by atoms with van der Waals surface area (Å²) in [6.45, 7) is 9.25. The maximum atomic E-state index is 11.7. The number of rotatable bonds is 3. The number of hydrogen-bond acceptors (Lipinski definition) is 3. The zero-order valence-electron chi connectivity index (χ0n) is 12.7. The van der Waals surface area contributed by atoms with Gasteiger partial charge < -0.3 is 0 Å². The van der Waals surface area contributed by atoms with E-state index in [1.807, 2.05) is 0 Å². The van der Waals surface area contributed by atoms with Gasteiger partial charge in [-0.2, -0.15) is 0 Å². The summed E-state index contributed by atoms with van der Waals surface area (Å²) in [5.41, 5.74) is 7.67. The lowest BCUT2D eigenvalue weighted by molar-refractivity contribution is -0.126. The molecular weight excluding hydrogens is 250 g/mol. The monoisotopic (exact) mass is 275 g/mol. The smallest absolute Gasteiger partial charge is 0.238 e. The van der Waals surface area contributed by atoms with E-state index >= 15 is 0 Å². The quantitative estimate of drug-likeness (QED) is 0.502. The number of nitrogens with zero attached hydrogens (tertiary/aromatic N) is 1. The van der Waals surface area contributed by atoms with Crippen molar-refractivity contribution in [2.75, 3.05) is 13.1 Å². The predicted molar refractivity (Wildman–Crippen MR) is 81.0 cm³/mol. The molecule has 1 fully saturated rings. The average Bonchev–Trinajstić information content (AvgIpc) is 2.42. The molecule has 1 aliphatic heterocycles. The summed E-state index contributed by atoms with van der Waals surface area (Å²) < 4.78 is 0. The molecule has 0 saturated carbocycles. The number of amides is 1. The number of nitrogens with two attached hydrogens (primary N) is 1. The number of nitrogens with one attached hydrogen (secondary N) is 1. The van der Waals surface area contributed by atoms with Crippen molar-refractivity contribution in [3.8, 4) is 0 Å². The average molecular weight is 275 g/mol. The van der Waals surface area contributed by atoms with Crippen molar-refractivity contribution in [3.05, 3.63) is 34.4 Å². The zero-order chi connectivity index (χ0) is 14.7. The molecule has 4 heteroatoms. The Kier molecular flexibility index (Phi) is 4.78. The van der Waals surface area contributed by atoms with Crippen LogP contribution >= 0.6 is 0 Å². The number of hydrazine groups is 1. The normalized spacial score (nSPS) is 19.9. The highest BCUT2D eigenvalue weighted by Gasteiger charge is 2.25. The van der Waals surface area contributed by atoms with Crippen LogP contribution in [-0.4, -0.2) is 23.9 Å². The molecule has 1 aromatic carbocycles. The van der Waals surface area contributed by atoms with E-state index in [4.69, 9.17) is 5.84 Å². The van der Waals surface area contributed by atoms with Gasteiger partial charge in [-0.15, -0.1) is 0 Å². The molecule has 1 aromatic rings. The van der Waals surface area contributed by atoms with Crippen LogP contribution in [-0.2, 0) is 11.3 Å². The third-order valence-corrected chi connectivity index (χ3v) is 4.24. The Balaban J connectivity index is 2.08. The first kappa shape index (κ1) is 15.0. The van der Waals surface area contributed by atoms with Crippen LogP contribution < -0.4 is 11.3 Å². The largest absolute Gasteiger partial charge is 0.298 e. The van der Waals surface area contributed by atoms with E-state index in [9.17, 15) is 4.79 Å². The van der Waals surface area contributed by atoms with Crippen molar-refractivity contribution in [1.82, 2.24) is 10.3 Å². The molecule has 1 atom stereocenters. The summed E-state index contributed by atoms with van der Waals surface area (Å²) in [6, 6.07) is 4.46. The summed E-state index contributed by atoms with van der Waals surface area (Å²) >= 11 is 0. The van der Waals surface area contributed by atoms with E-state index in [-0.39, 0.29) is 11.8 Å². The van der Waals surface area contributed by atoms with Gasteiger partial charge in [-0.25, -0.2) is 5.84 Å². The highest BCUT2D eigenvalue weighted by molar-refractivity contribution is 5.78. The maximum absolute atomic E-state index is 11.7. The Morgan fingerprint density at radius 1 is 1.35 bits per heavy atom. The molecule has 4 nitrogen and oxygen atoms in total. The summed E-state index contributed by atoms with van der Waals surface area (Å²) in [5.74, 6) is 5.24. The van der Waals surface area contributed by atoms with Gasteiger partial charge in [0.05, 0.1) is 5.92 Å². The lowest BCUT2D eigenvalue weighted by atomic mass is 9.95. The molecule has 110 valence electrons. The Morgan fingerprint density at radius 2 is 2.00 bits per heavy atom. The first-order valence-corrected chi connectivity index (χ1v) is 7.30. The molecule has 20 heavy (non-hydrogen) atoms. The van der Waals surface area contributed by atoms with Crippen molar-refractivity contribution in [3.63, 3.8) is 0 Å². The van der Waals surface area contributed by atoms with Crippen molar-refractivity contribution >= 4 is 5.91 Å². The van der Waals surface area contributed by atoms with Gasteiger partial charge in [0, 0.05) is 13.1 Å². The van der Waals surface area contributed by atoms with E-state index in [2.05, 4.69) is 43.2 Å². The Bertz CT molecular complexity index is 475. The molecule has 0 aliphatic carbocycles. The number of aryl methyl sites for hydroxylation is 3. The third kappa shape index (κ3) is 3.38. The van der Waals surface area contributed by atoms with E-state index < -0.39 is 0 Å². The fourth-order valence-corrected chi connectivity index (χ4v) is 3.21. The third-order valence-electron chi connectivity index (χ3n) is 4.24. The van der Waals surface area contributed by atoms with Crippen LogP contribution in [0.15, 0.2) is 12.1 Å². The minimum absolute atomic E-state index is 0.0276. The second kappa shape index (κ2) is 6.37. The Hall–Kier alpha value is -1.39. The SMILES string of the molecule is Cc1cc(C)c(CN2CCCC(C(=O)NN)C2)c(C)c1. The van der Waals surface area contributed by atoms with Crippen LogP contribution in [0.4, 0.5) is 0 Å². The fraction of sp³-hybridized carbons (Fsp3) is 0.562. The van der Waals surface area contributed by atoms with Gasteiger partial charge in [-0.05, 0) is 56.8 Å². The maximum Gasteiger partial charge on any atom is 0.238 e. The summed E-state index contributed by atoms with van der Waals surface area (Å²) in [5, 5.41) is 0. The second-order valence-corrected chi connectivity index (χ2v) is 5.96. The number of carbonyl (C=O) groups excluding carboxylic acids is 1. The van der Waals surface area contributed by atoms with Gasteiger partial charge in [0.25, 0.3) is 0 Å². The van der Waals surface area contributed by atoms with Crippen LogP contribution in [0.25, 0.3) is 0 Å². The minimum atomic E-state index is -0.0351. The minimum Gasteiger partial charge on any atom is -0.298 e. The van der Waals surface area contributed by atoms with E-state index in [0.29, 0.717) is 0 Å². The summed E-state index contributed by atoms with van der Waals surface area (Å²) in [6.07, 6.45) is 1.99. The number of likely N-dealkylation sites (tertiary alicyclic amines) is 1.